The van der Waals surface area contributed by atoms with Crippen molar-refractivity contribution < 1.29 is 9.59 Å². The minimum atomic E-state index is -0.599. The average Bonchev–Trinajstić information content (AvgIpc) is 2.89. The topological polar surface area (TPSA) is 90.0 Å². The number of carbonyl (C=O) groups is 2. The fraction of sp³-hybridized carbons (Fsp3) is 0.706. The molecular weight excluding hydrogens is 292 g/mol. The van der Waals surface area contributed by atoms with Crippen molar-refractivity contribution in [2.45, 2.75) is 52.0 Å². The summed E-state index contributed by atoms with van der Waals surface area (Å²) in [6.45, 7) is 2.57. The highest BCUT2D eigenvalue weighted by Gasteiger charge is 2.54. The third kappa shape index (κ3) is 2.35. The summed E-state index contributed by atoms with van der Waals surface area (Å²) in [5.41, 5.74) is 5.78. The number of amides is 2. The van der Waals surface area contributed by atoms with Gasteiger partial charge in [-0.25, -0.2) is 0 Å². The molecule has 1 aromatic rings. The number of hydrogen-bond acceptors (Lipinski definition) is 3. The van der Waals surface area contributed by atoms with Crippen LogP contribution in [0, 0.1) is 23.2 Å². The van der Waals surface area contributed by atoms with Crippen molar-refractivity contribution in [3.8, 4) is 0 Å². The van der Waals surface area contributed by atoms with Crippen molar-refractivity contribution in [2.24, 2.45) is 28.9 Å². The number of anilines is 1. The lowest BCUT2D eigenvalue weighted by Gasteiger charge is -2.55. The van der Waals surface area contributed by atoms with E-state index in [4.69, 9.17) is 5.73 Å². The molecule has 124 valence electrons. The number of nitrogens with one attached hydrogen (secondary N) is 1. The first-order chi connectivity index (χ1) is 11.0. The Kier molecular flexibility index (Phi) is 3.25. The molecule has 0 aromatic carbocycles. The van der Waals surface area contributed by atoms with E-state index in [1.807, 2.05) is 6.92 Å². The molecule has 0 saturated heterocycles. The summed E-state index contributed by atoms with van der Waals surface area (Å²) in [6.07, 6.45) is 8.60. The van der Waals surface area contributed by atoms with E-state index in [9.17, 15) is 9.59 Å². The zero-order valence-corrected chi connectivity index (χ0v) is 13.5. The molecule has 23 heavy (non-hydrogen) atoms. The molecule has 4 aliphatic rings. The zero-order valence-electron chi connectivity index (χ0n) is 13.5. The Morgan fingerprint density at radius 2 is 1.83 bits per heavy atom. The largest absolute Gasteiger partial charge is 0.364 e. The van der Waals surface area contributed by atoms with E-state index in [1.54, 1.807) is 10.9 Å². The number of rotatable bonds is 4. The maximum atomic E-state index is 13.0. The quantitative estimate of drug-likeness (QED) is 0.892. The van der Waals surface area contributed by atoms with Gasteiger partial charge in [0.25, 0.3) is 5.91 Å². The molecule has 0 aliphatic heterocycles. The molecule has 4 saturated carbocycles. The van der Waals surface area contributed by atoms with Crippen LogP contribution in [-0.2, 0) is 11.3 Å². The molecule has 0 radical (unpaired) electrons. The number of hydrogen-bond donors (Lipinski definition) is 2. The van der Waals surface area contributed by atoms with Gasteiger partial charge in [-0.15, -0.1) is 0 Å². The van der Waals surface area contributed by atoms with Crippen LogP contribution < -0.4 is 11.1 Å². The molecule has 4 fully saturated rings. The summed E-state index contributed by atoms with van der Waals surface area (Å²) in [7, 11) is 0. The molecule has 6 nitrogen and oxygen atoms in total. The summed E-state index contributed by atoms with van der Waals surface area (Å²) in [4.78, 5) is 24.6. The van der Waals surface area contributed by atoms with Gasteiger partial charge < -0.3 is 11.1 Å². The van der Waals surface area contributed by atoms with Crippen LogP contribution in [-0.4, -0.2) is 21.6 Å². The Morgan fingerprint density at radius 1 is 1.26 bits per heavy atom. The van der Waals surface area contributed by atoms with Gasteiger partial charge in [-0.1, -0.05) is 0 Å². The first-order valence-corrected chi connectivity index (χ1v) is 8.68. The first-order valence-electron chi connectivity index (χ1n) is 8.68. The van der Waals surface area contributed by atoms with Crippen LogP contribution >= 0.6 is 0 Å². The van der Waals surface area contributed by atoms with E-state index in [-0.39, 0.29) is 17.0 Å². The number of carbonyl (C=O) groups excluding carboxylic acids is 2. The van der Waals surface area contributed by atoms with Gasteiger partial charge in [-0.05, 0) is 63.2 Å². The molecular formula is C17H24N4O2. The average molecular weight is 316 g/mol. The Balaban J connectivity index is 1.59. The standard InChI is InChI=1S/C17H24N4O2/c1-2-21-9-13(14(20-21)15(18)22)19-16(23)17-6-10-3-11(7-17)5-12(4-10)8-17/h9-12H,2-8H2,1H3,(H2,18,22)(H,19,23). The number of nitrogens with two attached hydrogens (primary N) is 1. The van der Waals surface area contributed by atoms with E-state index in [2.05, 4.69) is 10.4 Å². The van der Waals surface area contributed by atoms with Crippen molar-refractivity contribution in [3.63, 3.8) is 0 Å². The second-order valence-electron chi connectivity index (χ2n) is 7.76. The van der Waals surface area contributed by atoms with E-state index in [0.717, 1.165) is 19.3 Å². The lowest BCUT2D eigenvalue weighted by molar-refractivity contribution is -0.140. The monoisotopic (exact) mass is 316 g/mol. The second kappa shape index (κ2) is 5.08. The molecule has 4 bridgehead atoms. The van der Waals surface area contributed by atoms with Gasteiger partial charge >= 0.3 is 0 Å². The Hall–Kier alpha value is -1.85. The van der Waals surface area contributed by atoms with Gasteiger partial charge in [-0.3, -0.25) is 14.3 Å². The lowest BCUT2D eigenvalue weighted by Crippen LogP contribution is -2.51. The predicted molar refractivity (Wildman–Crippen MR) is 85.7 cm³/mol. The molecule has 3 N–H and O–H groups in total. The predicted octanol–water partition coefficient (Wildman–Crippen LogP) is 2.16. The molecule has 2 amide bonds. The Bertz CT molecular complexity index is 628. The van der Waals surface area contributed by atoms with Crippen LogP contribution in [0.4, 0.5) is 5.69 Å². The van der Waals surface area contributed by atoms with Gasteiger partial charge in [0.15, 0.2) is 5.69 Å². The molecule has 0 unspecified atom stereocenters. The summed E-state index contributed by atoms with van der Waals surface area (Å²) >= 11 is 0. The van der Waals surface area contributed by atoms with Crippen molar-refractivity contribution in [3.05, 3.63) is 11.9 Å². The minimum absolute atomic E-state index is 0.0646. The van der Waals surface area contributed by atoms with Crippen LogP contribution in [0.3, 0.4) is 0 Å². The van der Waals surface area contributed by atoms with Gasteiger partial charge in [-0.2, -0.15) is 5.10 Å². The number of primary amides is 1. The first kappa shape index (κ1) is 14.7. The molecule has 0 spiro atoms. The fourth-order valence-corrected chi connectivity index (χ4v) is 5.50. The third-order valence-corrected chi connectivity index (χ3v) is 6.09. The SMILES string of the molecule is CCn1cc(NC(=O)C23CC4CC(CC(C4)C2)C3)c(C(N)=O)n1. The van der Waals surface area contributed by atoms with Gasteiger partial charge in [0, 0.05) is 12.7 Å². The van der Waals surface area contributed by atoms with Crippen molar-refractivity contribution in [1.82, 2.24) is 9.78 Å². The lowest BCUT2D eigenvalue weighted by atomic mass is 9.49. The third-order valence-electron chi connectivity index (χ3n) is 6.09. The maximum Gasteiger partial charge on any atom is 0.271 e. The van der Waals surface area contributed by atoms with Crippen molar-refractivity contribution in [2.75, 3.05) is 5.32 Å². The number of nitrogens with zero attached hydrogens (tertiary/aromatic N) is 2. The van der Waals surface area contributed by atoms with E-state index in [1.165, 1.54) is 19.3 Å². The van der Waals surface area contributed by atoms with E-state index >= 15 is 0 Å². The highest BCUT2D eigenvalue weighted by Crippen LogP contribution is 2.60. The Labute approximate surface area is 135 Å². The Morgan fingerprint density at radius 3 is 2.30 bits per heavy atom. The van der Waals surface area contributed by atoms with Crippen LogP contribution in [0.1, 0.15) is 55.9 Å². The fourth-order valence-electron chi connectivity index (χ4n) is 5.50. The van der Waals surface area contributed by atoms with Gasteiger partial charge in [0.05, 0.1) is 11.1 Å². The summed E-state index contributed by atoms with van der Waals surface area (Å²) in [5, 5.41) is 7.14. The molecule has 6 heteroatoms. The number of aryl methyl sites for hydroxylation is 1. The second-order valence-corrected chi connectivity index (χ2v) is 7.76. The minimum Gasteiger partial charge on any atom is -0.364 e. The normalized spacial score (nSPS) is 34.6. The zero-order chi connectivity index (χ0) is 16.2. The maximum absolute atomic E-state index is 13.0. The van der Waals surface area contributed by atoms with Crippen LogP contribution in [0.25, 0.3) is 0 Å². The smallest absolute Gasteiger partial charge is 0.271 e. The molecule has 1 aromatic heterocycles. The van der Waals surface area contributed by atoms with Gasteiger partial charge in [0.1, 0.15) is 0 Å². The number of aromatic nitrogens is 2. The van der Waals surface area contributed by atoms with Crippen LogP contribution in [0.5, 0.6) is 0 Å². The van der Waals surface area contributed by atoms with E-state index in [0.29, 0.717) is 30.0 Å². The van der Waals surface area contributed by atoms with Crippen LogP contribution in [0.15, 0.2) is 6.20 Å². The molecule has 0 atom stereocenters. The van der Waals surface area contributed by atoms with Gasteiger partial charge in [0.2, 0.25) is 5.91 Å². The molecule has 4 aliphatic carbocycles. The van der Waals surface area contributed by atoms with E-state index < -0.39 is 5.91 Å². The molecule has 5 rings (SSSR count). The summed E-state index contributed by atoms with van der Waals surface area (Å²) in [6, 6.07) is 0. The van der Waals surface area contributed by atoms with Crippen molar-refractivity contribution >= 4 is 17.5 Å². The highest BCUT2D eigenvalue weighted by atomic mass is 16.2. The summed E-state index contributed by atoms with van der Waals surface area (Å²) in [5.74, 6) is 1.59. The van der Waals surface area contributed by atoms with Crippen molar-refractivity contribution in [1.29, 1.82) is 0 Å². The van der Waals surface area contributed by atoms with Crippen LogP contribution in [0.2, 0.25) is 0 Å². The molecule has 1 heterocycles. The highest BCUT2D eigenvalue weighted by molar-refractivity contribution is 6.03. The summed E-state index contributed by atoms with van der Waals surface area (Å²) < 4.78 is 1.63.